The normalized spacial score (nSPS) is 10.3. The zero-order valence-corrected chi connectivity index (χ0v) is 17.4. The Balaban J connectivity index is 1.90. The van der Waals surface area contributed by atoms with E-state index < -0.39 is 18.5 Å². The van der Waals surface area contributed by atoms with Gasteiger partial charge in [-0.25, -0.2) is 4.79 Å². The predicted octanol–water partition coefficient (Wildman–Crippen LogP) is 4.01. The van der Waals surface area contributed by atoms with Crippen LogP contribution < -0.4 is 14.8 Å². The maximum Gasteiger partial charge on any atom is 0.331 e. The number of carbonyl (C=O) groups excluding carboxylic acids is 2. The van der Waals surface area contributed by atoms with E-state index in [0.29, 0.717) is 40.8 Å². The van der Waals surface area contributed by atoms with Crippen LogP contribution in [0.15, 0.2) is 42.5 Å². The fraction of sp³-hybridized carbons (Fsp3) is 0.227. The lowest BCUT2D eigenvalue weighted by molar-refractivity contribution is -0.142. The number of methoxy groups -OCH3 is 1. The van der Waals surface area contributed by atoms with Gasteiger partial charge in [-0.15, -0.1) is 0 Å². The molecule has 0 spiro atoms. The minimum absolute atomic E-state index is 0.295. The van der Waals surface area contributed by atoms with Crippen LogP contribution >= 0.6 is 11.6 Å². The lowest BCUT2D eigenvalue weighted by atomic mass is 10.1. The maximum absolute atomic E-state index is 11.9. The Bertz CT molecular complexity index is 965. The standard InChI is InChI=1S/C22H21ClN2O5/c1-3-29-19-13-16(12-18(23)22(19)28-2)6-9-21(27)30-14-20(26)25-17-7-4-15(5-8-17)10-11-24/h4-9,12-13H,3,10,14H2,1-2H3,(H,25,26)/b9-6+. The molecule has 156 valence electrons. The molecule has 0 fully saturated rings. The second-order valence-corrected chi connectivity index (χ2v) is 6.40. The summed E-state index contributed by atoms with van der Waals surface area (Å²) in [6, 6.07) is 12.2. The van der Waals surface area contributed by atoms with E-state index in [1.807, 2.05) is 13.0 Å². The minimum Gasteiger partial charge on any atom is -0.491 e. The zero-order valence-electron chi connectivity index (χ0n) is 16.6. The first-order valence-electron chi connectivity index (χ1n) is 9.07. The highest BCUT2D eigenvalue weighted by atomic mass is 35.5. The van der Waals surface area contributed by atoms with E-state index in [1.165, 1.54) is 19.3 Å². The summed E-state index contributed by atoms with van der Waals surface area (Å²) in [5, 5.41) is 11.6. The first kappa shape index (κ1) is 22.8. The van der Waals surface area contributed by atoms with Crippen molar-refractivity contribution in [1.29, 1.82) is 5.26 Å². The Morgan fingerprint density at radius 2 is 1.97 bits per heavy atom. The maximum atomic E-state index is 11.9. The van der Waals surface area contributed by atoms with Crippen molar-refractivity contribution in [2.45, 2.75) is 13.3 Å². The molecule has 0 saturated carbocycles. The van der Waals surface area contributed by atoms with Gasteiger partial charge in [-0.3, -0.25) is 4.79 Å². The van der Waals surface area contributed by atoms with Crippen LogP contribution in [0.1, 0.15) is 18.1 Å². The lowest BCUT2D eigenvalue weighted by Gasteiger charge is -2.11. The highest BCUT2D eigenvalue weighted by Crippen LogP contribution is 2.36. The van der Waals surface area contributed by atoms with E-state index >= 15 is 0 Å². The Kier molecular flexibility index (Phi) is 8.73. The molecule has 7 nitrogen and oxygen atoms in total. The zero-order chi connectivity index (χ0) is 21.9. The number of nitrogens with one attached hydrogen (secondary N) is 1. The molecule has 30 heavy (non-hydrogen) atoms. The minimum atomic E-state index is -0.681. The Labute approximate surface area is 179 Å². The number of carbonyl (C=O) groups is 2. The third-order valence-corrected chi connectivity index (χ3v) is 4.09. The molecule has 0 atom stereocenters. The van der Waals surface area contributed by atoms with Gasteiger partial charge in [0.2, 0.25) is 0 Å². The third-order valence-electron chi connectivity index (χ3n) is 3.81. The molecule has 0 aliphatic heterocycles. The van der Waals surface area contributed by atoms with Crippen LogP contribution in [-0.4, -0.2) is 32.2 Å². The molecule has 2 rings (SSSR count). The fourth-order valence-corrected chi connectivity index (χ4v) is 2.78. The van der Waals surface area contributed by atoms with E-state index in [-0.39, 0.29) is 0 Å². The van der Waals surface area contributed by atoms with Crippen LogP contribution in [0, 0.1) is 11.3 Å². The van der Waals surface area contributed by atoms with Gasteiger partial charge < -0.3 is 19.5 Å². The Morgan fingerprint density at radius 3 is 2.60 bits per heavy atom. The predicted molar refractivity (Wildman–Crippen MR) is 114 cm³/mol. The van der Waals surface area contributed by atoms with Gasteiger partial charge in [0.05, 0.1) is 31.2 Å². The molecule has 0 aliphatic rings. The molecule has 2 aromatic carbocycles. The van der Waals surface area contributed by atoms with Gasteiger partial charge in [0.15, 0.2) is 18.1 Å². The number of rotatable bonds is 9. The number of nitriles is 1. The number of anilines is 1. The summed E-state index contributed by atoms with van der Waals surface area (Å²) in [5.74, 6) is -0.286. The van der Waals surface area contributed by atoms with Crippen LogP contribution in [-0.2, 0) is 20.7 Å². The molecule has 2 aromatic rings. The van der Waals surface area contributed by atoms with Crippen molar-refractivity contribution in [3.8, 4) is 17.6 Å². The first-order chi connectivity index (χ1) is 14.5. The van der Waals surface area contributed by atoms with Gasteiger partial charge in [-0.1, -0.05) is 23.7 Å². The summed E-state index contributed by atoms with van der Waals surface area (Å²) >= 11 is 6.17. The molecule has 1 N–H and O–H groups in total. The molecule has 0 heterocycles. The first-order valence-corrected chi connectivity index (χ1v) is 9.45. The number of amides is 1. The average molecular weight is 429 g/mol. The number of ether oxygens (including phenoxy) is 3. The van der Waals surface area contributed by atoms with E-state index in [9.17, 15) is 9.59 Å². The van der Waals surface area contributed by atoms with Gasteiger partial charge in [0.1, 0.15) is 0 Å². The summed E-state index contributed by atoms with van der Waals surface area (Å²) in [6.07, 6.45) is 2.99. The van der Waals surface area contributed by atoms with Crippen LogP contribution in [0.25, 0.3) is 6.08 Å². The molecular formula is C22H21ClN2O5. The summed E-state index contributed by atoms with van der Waals surface area (Å²) in [5.41, 5.74) is 2.01. The van der Waals surface area contributed by atoms with Crippen molar-refractivity contribution in [1.82, 2.24) is 0 Å². The quantitative estimate of drug-likeness (QED) is 0.478. The molecule has 0 bridgehead atoms. The smallest absolute Gasteiger partial charge is 0.331 e. The molecule has 1 amide bonds. The van der Waals surface area contributed by atoms with Crippen molar-refractivity contribution in [3.63, 3.8) is 0 Å². The highest BCUT2D eigenvalue weighted by Gasteiger charge is 2.11. The van der Waals surface area contributed by atoms with Crippen molar-refractivity contribution >= 4 is 35.2 Å². The van der Waals surface area contributed by atoms with Crippen molar-refractivity contribution in [2.75, 3.05) is 25.6 Å². The van der Waals surface area contributed by atoms with Gasteiger partial charge in [0.25, 0.3) is 5.91 Å². The van der Waals surface area contributed by atoms with Crippen LogP contribution in [0.3, 0.4) is 0 Å². The molecule has 0 aliphatic carbocycles. The summed E-state index contributed by atoms with van der Waals surface area (Å²) in [6.45, 7) is 1.83. The van der Waals surface area contributed by atoms with E-state index in [1.54, 1.807) is 36.4 Å². The summed E-state index contributed by atoms with van der Waals surface area (Å²) < 4.78 is 15.6. The summed E-state index contributed by atoms with van der Waals surface area (Å²) in [7, 11) is 1.49. The largest absolute Gasteiger partial charge is 0.491 e. The molecule has 0 aromatic heterocycles. The van der Waals surface area contributed by atoms with E-state index in [2.05, 4.69) is 5.32 Å². The van der Waals surface area contributed by atoms with Gasteiger partial charge in [-0.2, -0.15) is 5.26 Å². The van der Waals surface area contributed by atoms with E-state index in [0.717, 1.165) is 5.56 Å². The number of esters is 1. The average Bonchev–Trinajstić information content (AvgIpc) is 2.72. The topological polar surface area (TPSA) is 97.6 Å². The van der Waals surface area contributed by atoms with Crippen molar-refractivity contribution in [2.24, 2.45) is 0 Å². The van der Waals surface area contributed by atoms with Gasteiger partial charge >= 0.3 is 5.97 Å². The molecule has 0 unspecified atom stereocenters. The Morgan fingerprint density at radius 1 is 1.23 bits per heavy atom. The van der Waals surface area contributed by atoms with Gasteiger partial charge in [0, 0.05) is 11.8 Å². The number of benzene rings is 2. The third kappa shape index (κ3) is 6.83. The van der Waals surface area contributed by atoms with Crippen molar-refractivity contribution in [3.05, 3.63) is 58.6 Å². The van der Waals surface area contributed by atoms with Crippen LogP contribution in [0.5, 0.6) is 11.5 Å². The van der Waals surface area contributed by atoms with Gasteiger partial charge in [-0.05, 0) is 48.4 Å². The molecule has 0 radical (unpaired) electrons. The Hall–Kier alpha value is -3.50. The SMILES string of the molecule is CCOc1cc(/C=C/C(=O)OCC(=O)Nc2ccc(CC#N)cc2)cc(Cl)c1OC. The number of halogens is 1. The highest BCUT2D eigenvalue weighted by molar-refractivity contribution is 6.32. The second-order valence-electron chi connectivity index (χ2n) is 5.99. The summed E-state index contributed by atoms with van der Waals surface area (Å²) in [4.78, 5) is 23.8. The van der Waals surface area contributed by atoms with Crippen LogP contribution in [0.2, 0.25) is 5.02 Å². The number of hydrogen-bond donors (Lipinski definition) is 1. The van der Waals surface area contributed by atoms with Crippen molar-refractivity contribution < 1.29 is 23.8 Å². The molecular weight excluding hydrogens is 408 g/mol. The van der Waals surface area contributed by atoms with Crippen LogP contribution in [0.4, 0.5) is 5.69 Å². The lowest BCUT2D eigenvalue weighted by Crippen LogP contribution is -2.20. The number of nitrogens with zero attached hydrogens (tertiary/aromatic N) is 1. The van der Waals surface area contributed by atoms with E-state index in [4.69, 9.17) is 31.1 Å². The number of hydrogen-bond acceptors (Lipinski definition) is 6. The second kappa shape index (κ2) is 11.5. The fourth-order valence-electron chi connectivity index (χ4n) is 2.49. The molecule has 8 heteroatoms. The molecule has 0 saturated heterocycles. The monoisotopic (exact) mass is 428 g/mol.